The second kappa shape index (κ2) is 5.40. The largest absolute Gasteiger partial charge is 0.465 e. The number of methoxy groups -OCH3 is 1. The Hall–Kier alpha value is -1.55. The maximum atomic E-state index is 12.9. The molecule has 0 aliphatic carbocycles. The van der Waals surface area contributed by atoms with Crippen LogP contribution in [0.25, 0.3) is 0 Å². The third kappa shape index (κ3) is 2.82. The highest BCUT2D eigenvalue weighted by atomic mass is 79.9. The van der Waals surface area contributed by atoms with Gasteiger partial charge < -0.3 is 4.74 Å². The predicted molar refractivity (Wildman–Crippen MR) is 60.1 cm³/mol. The Balaban J connectivity index is 3.64. The van der Waals surface area contributed by atoms with Crippen LogP contribution in [0.4, 0.5) is 13.2 Å². The van der Waals surface area contributed by atoms with Crippen LogP contribution in [0.3, 0.4) is 0 Å². The lowest BCUT2D eigenvalue weighted by molar-refractivity contribution is -0.138. The lowest BCUT2D eigenvalue weighted by Crippen LogP contribution is -2.17. The Bertz CT molecular complexity index is 520. The molecule has 0 aliphatic heterocycles. The summed E-state index contributed by atoms with van der Waals surface area (Å²) in [6.07, 6.45) is -4.69. The van der Waals surface area contributed by atoms with E-state index >= 15 is 0 Å². The molecule has 0 unspecified atom stereocenters. The van der Waals surface area contributed by atoms with Crippen LogP contribution in [-0.2, 0) is 16.2 Å². The molecule has 0 atom stereocenters. The minimum absolute atomic E-state index is 0.0298. The normalized spacial score (nSPS) is 10.9. The van der Waals surface area contributed by atoms with Gasteiger partial charge in [-0.25, -0.2) is 4.79 Å². The van der Waals surface area contributed by atoms with Gasteiger partial charge in [0, 0.05) is 5.33 Å². The number of hydrogen-bond acceptors (Lipinski definition) is 3. The van der Waals surface area contributed by atoms with Gasteiger partial charge >= 0.3 is 12.1 Å². The first kappa shape index (κ1) is 14.5. The number of halogens is 4. The lowest BCUT2D eigenvalue weighted by Gasteiger charge is -2.15. The molecule has 0 aliphatic rings. The van der Waals surface area contributed by atoms with Crippen molar-refractivity contribution in [2.75, 3.05) is 7.11 Å². The van der Waals surface area contributed by atoms with Gasteiger partial charge in [-0.15, -0.1) is 0 Å². The monoisotopic (exact) mass is 321 g/mol. The van der Waals surface area contributed by atoms with Crippen molar-refractivity contribution in [3.05, 3.63) is 34.4 Å². The molecule has 0 aromatic heterocycles. The number of carbonyl (C=O) groups excluding carboxylic acids is 1. The van der Waals surface area contributed by atoms with E-state index in [0.29, 0.717) is 0 Å². The summed E-state index contributed by atoms with van der Waals surface area (Å²) in [6, 6.07) is 3.67. The highest BCUT2D eigenvalue weighted by Gasteiger charge is 2.38. The summed E-state index contributed by atoms with van der Waals surface area (Å²) in [6.45, 7) is 0. The molecule has 0 N–H and O–H groups in total. The molecule has 1 rings (SSSR count). The number of alkyl halides is 4. The number of esters is 1. The van der Waals surface area contributed by atoms with E-state index < -0.39 is 23.3 Å². The SMILES string of the molecule is COC(=O)c1cc(C#N)cc(CBr)c1C(F)(F)F. The van der Waals surface area contributed by atoms with Gasteiger partial charge in [0.25, 0.3) is 0 Å². The van der Waals surface area contributed by atoms with E-state index in [-0.39, 0.29) is 16.5 Å². The first-order chi connectivity index (χ1) is 8.35. The molecular weight excluding hydrogens is 315 g/mol. The highest BCUT2D eigenvalue weighted by molar-refractivity contribution is 9.08. The van der Waals surface area contributed by atoms with Crippen LogP contribution in [0.15, 0.2) is 12.1 Å². The standard InChI is InChI=1S/C11H7BrF3NO2/c1-18-10(17)8-3-6(5-16)2-7(4-12)9(8)11(13,14)15/h2-3H,4H2,1H3. The number of ether oxygens (including phenoxy) is 1. The predicted octanol–water partition coefficient (Wildman–Crippen LogP) is 3.26. The third-order valence-corrected chi connectivity index (χ3v) is 2.79. The van der Waals surface area contributed by atoms with Crippen LogP contribution < -0.4 is 0 Å². The summed E-state index contributed by atoms with van der Waals surface area (Å²) in [4.78, 5) is 11.4. The van der Waals surface area contributed by atoms with Crippen LogP contribution in [-0.4, -0.2) is 13.1 Å². The van der Waals surface area contributed by atoms with E-state index in [2.05, 4.69) is 20.7 Å². The maximum Gasteiger partial charge on any atom is 0.417 e. The van der Waals surface area contributed by atoms with Crippen LogP contribution in [0.1, 0.15) is 27.0 Å². The van der Waals surface area contributed by atoms with Gasteiger partial charge in [-0.3, -0.25) is 0 Å². The van der Waals surface area contributed by atoms with E-state index in [9.17, 15) is 18.0 Å². The summed E-state index contributed by atoms with van der Waals surface area (Å²) in [5.41, 5.74) is -1.94. The molecule has 0 spiro atoms. The van der Waals surface area contributed by atoms with E-state index in [0.717, 1.165) is 19.2 Å². The molecule has 18 heavy (non-hydrogen) atoms. The van der Waals surface area contributed by atoms with Gasteiger partial charge in [-0.1, -0.05) is 15.9 Å². The minimum atomic E-state index is -4.69. The molecule has 96 valence electrons. The number of rotatable bonds is 2. The van der Waals surface area contributed by atoms with Gasteiger partial charge in [0.2, 0.25) is 0 Å². The van der Waals surface area contributed by atoms with Crippen molar-refractivity contribution in [1.82, 2.24) is 0 Å². The Morgan fingerprint density at radius 2 is 2.11 bits per heavy atom. The Labute approximate surface area is 109 Å². The summed E-state index contributed by atoms with van der Waals surface area (Å²) < 4.78 is 43.1. The van der Waals surface area contributed by atoms with Crippen molar-refractivity contribution in [2.45, 2.75) is 11.5 Å². The fraction of sp³-hybridized carbons (Fsp3) is 0.273. The fourth-order valence-electron chi connectivity index (χ4n) is 1.48. The first-order valence-electron chi connectivity index (χ1n) is 4.63. The number of nitrogens with zero attached hydrogens (tertiary/aromatic N) is 1. The van der Waals surface area contributed by atoms with Crippen molar-refractivity contribution in [3.8, 4) is 6.07 Å². The number of benzene rings is 1. The average molecular weight is 322 g/mol. The molecule has 1 aromatic rings. The summed E-state index contributed by atoms with van der Waals surface area (Å²) in [5, 5.41) is 8.61. The zero-order chi connectivity index (χ0) is 13.9. The van der Waals surface area contributed by atoms with E-state index in [4.69, 9.17) is 5.26 Å². The molecular formula is C11H7BrF3NO2. The third-order valence-electron chi connectivity index (χ3n) is 2.18. The molecule has 0 fully saturated rings. The topological polar surface area (TPSA) is 50.1 Å². The molecule has 3 nitrogen and oxygen atoms in total. The molecule has 0 radical (unpaired) electrons. The van der Waals surface area contributed by atoms with E-state index in [1.165, 1.54) is 0 Å². The van der Waals surface area contributed by atoms with Crippen LogP contribution in [0, 0.1) is 11.3 Å². The zero-order valence-corrected chi connectivity index (χ0v) is 10.7. The second-order valence-electron chi connectivity index (χ2n) is 3.29. The summed E-state index contributed by atoms with van der Waals surface area (Å²) in [5.74, 6) is -1.12. The lowest BCUT2D eigenvalue weighted by atomic mass is 9.98. The number of hydrogen-bond donors (Lipinski definition) is 0. The van der Waals surface area contributed by atoms with Gasteiger partial charge in [0.15, 0.2) is 0 Å². The maximum absolute atomic E-state index is 12.9. The Morgan fingerprint density at radius 1 is 1.50 bits per heavy atom. The Kier molecular flexibility index (Phi) is 4.35. The van der Waals surface area contributed by atoms with E-state index in [1.807, 2.05) is 0 Å². The smallest absolute Gasteiger partial charge is 0.417 e. The summed E-state index contributed by atoms with van der Waals surface area (Å²) >= 11 is 2.91. The van der Waals surface area contributed by atoms with Gasteiger partial charge in [-0.05, 0) is 17.7 Å². The van der Waals surface area contributed by atoms with E-state index in [1.54, 1.807) is 6.07 Å². The molecule has 0 bridgehead atoms. The van der Waals surface area contributed by atoms with Gasteiger partial charge in [0.05, 0.1) is 29.9 Å². The molecule has 0 saturated carbocycles. The van der Waals surface area contributed by atoms with Gasteiger partial charge in [0.1, 0.15) is 0 Å². The van der Waals surface area contributed by atoms with Crippen molar-refractivity contribution in [3.63, 3.8) is 0 Å². The van der Waals surface area contributed by atoms with Crippen LogP contribution in [0.2, 0.25) is 0 Å². The molecule has 0 saturated heterocycles. The van der Waals surface area contributed by atoms with Gasteiger partial charge in [-0.2, -0.15) is 18.4 Å². The minimum Gasteiger partial charge on any atom is -0.465 e. The highest BCUT2D eigenvalue weighted by Crippen LogP contribution is 2.36. The quantitative estimate of drug-likeness (QED) is 0.620. The van der Waals surface area contributed by atoms with Crippen LogP contribution in [0.5, 0.6) is 0 Å². The number of nitriles is 1. The molecule has 7 heteroatoms. The second-order valence-corrected chi connectivity index (χ2v) is 3.85. The fourth-order valence-corrected chi connectivity index (χ4v) is 1.92. The summed E-state index contributed by atoms with van der Waals surface area (Å²) in [7, 11) is 0.981. The van der Waals surface area contributed by atoms with Crippen molar-refractivity contribution in [1.29, 1.82) is 5.26 Å². The van der Waals surface area contributed by atoms with Crippen molar-refractivity contribution in [2.24, 2.45) is 0 Å². The van der Waals surface area contributed by atoms with Crippen LogP contribution >= 0.6 is 15.9 Å². The van der Waals surface area contributed by atoms with Crippen molar-refractivity contribution >= 4 is 21.9 Å². The van der Waals surface area contributed by atoms with Crippen molar-refractivity contribution < 1.29 is 22.7 Å². The molecule has 0 heterocycles. The first-order valence-corrected chi connectivity index (χ1v) is 5.75. The number of carbonyl (C=O) groups is 1. The Morgan fingerprint density at radius 3 is 2.50 bits per heavy atom. The average Bonchev–Trinajstić information content (AvgIpc) is 2.34. The molecule has 0 amide bonds. The molecule has 1 aromatic carbocycles. The zero-order valence-electron chi connectivity index (χ0n) is 9.14.